The average molecular weight is 437 g/mol. The van der Waals surface area contributed by atoms with Gasteiger partial charge in [-0.25, -0.2) is 0 Å². The van der Waals surface area contributed by atoms with E-state index in [1.54, 1.807) is 0 Å². The van der Waals surface area contributed by atoms with Crippen LogP contribution in [0.1, 0.15) is 156 Å². The number of hydrogen-bond acceptors (Lipinski definition) is 1. The summed E-state index contributed by atoms with van der Waals surface area (Å²) < 4.78 is 1.47. The van der Waals surface area contributed by atoms with Crippen molar-refractivity contribution < 1.29 is 4.48 Å². The summed E-state index contributed by atoms with van der Waals surface area (Å²) in [6.07, 6.45) is 28.8. The van der Waals surface area contributed by atoms with Gasteiger partial charge in [0.15, 0.2) is 0 Å². The Morgan fingerprint density at radius 1 is 0.355 bits per heavy atom. The maximum Gasteiger partial charge on any atom is 0.0786 e. The molecule has 186 valence electrons. The third-order valence-corrected chi connectivity index (χ3v) is 6.94. The van der Waals surface area contributed by atoms with E-state index in [9.17, 15) is 0 Å². The van der Waals surface area contributed by atoms with Crippen LogP contribution < -0.4 is 0 Å². The molecule has 0 saturated carbocycles. The van der Waals surface area contributed by atoms with Gasteiger partial charge >= 0.3 is 0 Å². The van der Waals surface area contributed by atoms with Gasteiger partial charge in [0.2, 0.25) is 0 Å². The standard InChI is InChI=1S/C28H60N.CN/c1-5-9-13-17-21-25-29(26-22-18-14-10-6-2,27-23-19-15-11-7-3)28-24-20-16-12-8-4;1-2/h5-28H2,1-4H3;/q+1;-1. The Bertz CT molecular complexity index is 275. The summed E-state index contributed by atoms with van der Waals surface area (Å²) in [5.74, 6) is 0. The van der Waals surface area contributed by atoms with E-state index < -0.39 is 0 Å². The van der Waals surface area contributed by atoms with Crippen LogP contribution in [0.4, 0.5) is 0 Å². The summed E-state index contributed by atoms with van der Waals surface area (Å²) in [6, 6.07) is 0. The molecular weight excluding hydrogens is 376 g/mol. The summed E-state index contributed by atoms with van der Waals surface area (Å²) in [7, 11) is 0. The fraction of sp³-hybridized carbons (Fsp3) is 0.966. The first-order valence-corrected chi connectivity index (χ1v) is 14.3. The van der Waals surface area contributed by atoms with Gasteiger partial charge in [0.05, 0.1) is 26.2 Å². The molecule has 0 fully saturated rings. The van der Waals surface area contributed by atoms with Crippen LogP contribution in [0.5, 0.6) is 0 Å². The Morgan fingerprint density at radius 3 is 0.742 bits per heavy atom. The molecule has 0 radical (unpaired) electrons. The molecule has 2 nitrogen and oxygen atoms in total. The summed E-state index contributed by atoms with van der Waals surface area (Å²) in [5.41, 5.74) is 0. The van der Waals surface area contributed by atoms with Gasteiger partial charge in [-0.3, -0.25) is 0 Å². The van der Waals surface area contributed by atoms with E-state index >= 15 is 0 Å². The summed E-state index contributed by atoms with van der Waals surface area (Å²) in [4.78, 5) is 0. The molecule has 0 aromatic heterocycles. The third-order valence-electron chi connectivity index (χ3n) is 6.94. The van der Waals surface area contributed by atoms with Crippen molar-refractivity contribution in [2.24, 2.45) is 0 Å². The number of rotatable bonds is 24. The predicted octanol–water partition coefficient (Wildman–Crippen LogP) is 9.78. The van der Waals surface area contributed by atoms with Crippen LogP contribution in [0.15, 0.2) is 0 Å². The Labute approximate surface area is 198 Å². The quantitative estimate of drug-likeness (QED) is 0.0838. The van der Waals surface area contributed by atoms with Crippen molar-refractivity contribution in [2.75, 3.05) is 26.2 Å². The van der Waals surface area contributed by atoms with Gasteiger partial charge in [-0.1, -0.05) is 105 Å². The second-order valence-corrected chi connectivity index (χ2v) is 9.89. The second kappa shape index (κ2) is 27.5. The third kappa shape index (κ3) is 22.4. The summed E-state index contributed by atoms with van der Waals surface area (Å²) >= 11 is 0. The van der Waals surface area contributed by atoms with Crippen LogP contribution in [0.25, 0.3) is 0 Å². The van der Waals surface area contributed by atoms with Gasteiger partial charge in [0, 0.05) is 0 Å². The van der Waals surface area contributed by atoms with Crippen molar-refractivity contribution in [3.05, 3.63) is 6.57 Å². The highest BCUT2D eigenvalue weighted by Crippen LogP contribution is 2.20. The Kier molecular flexibility index (Phi) is 28.9. The van der Waals surface area contributed by atoms with E-state index in [1.165, 1.54) is 159 Å². The van der Waals surface area contributed by atoms with Crippen LogP contribution in [0.2, 0.25) is 0 Å². The first-order chi connectivity index (χ1) is 15.2. The molecule has 0 heterocycles. The topological polar surface area (TPSA) is 23.8 Å². The molecule has 0 amide bonds. The zero-order valence-electron chi connectivity index (χ0n) is 22.4. The molecule has 0 N–H and O–H groups in total. The van der Waals surface area contributed by atoms with E-state index in [2.05, 4.69) is 27.7 Å². The van der Waals surface area contributed by atoms with Crippen molar-refractivity contribution in [1.82, 2.24) is 0 Å². The van der Waals surface area contributed by atoms with E-state index in [1.807, 2.05) is 0 Å². The molecule has 0 aliphatic rings. The van der Waals surface area contributed by atoms with Crippen LogP contribution in [0, 0.1) is 11.8 Å². The highest BCUT2D eigenvalue weighted by atomic mass is 15.3. The summed E-state index contributed by atoms with van der Waals surface area (Å²) in [5, 5.41) is 6.25. The Balaban J connectivity index is 0. The SMILES string of the molecule is CCCCCCC[N+](CCCCCCC)(CCCCCCC)CCCCCCC.[C-]#N. The molecule has 0 rings (SSSR count). The highest BCUT2D eigenvalue weighted by Gasteiger charge is 2.25. The predicted molar refractivity (Wildman–Crippen MR) is 140 cm³/mol. The lowest BCUT2D eigenvalue weighted by molar-refractivity contribution is -0.929. The molecule has 0 aliphatic carbocycles. The monoisotopic (exact) mass is 436 g/mol. The first-order valence-electron chi connectivity index (χ1n) is 14.3. The molecule has 31 heavy (non-hydrogen) atoms. The fourth-order valence-electron chi connectivity index (χ4n) is 4.87. The lowest BCUT2D eigenvalue weighted by atomic mass is 10.1. The molecule has 0 atom stereocenters. The minimum Gasteiger partial charge on any atom is -0.512 e. The van der Waals surface area contributed by atoms with Crippen LogP contribution in [-0.2, 0) is 0 Å². The highest BCUT2D eigenvalue weighted by molar-refractivity contribution is 4.54. The smallest absolute Gasteiger partial charge is 0.0786 e. The van der Waals surface area contributed by atoms with Gasteiger partial charge in [0.25, 0.3) is 0 Å². The van der Waals surface area contributed by atoms with Gasteiger partial charge in [0.1, 0.15) is 0 Å². The molecule has 0 saturated heterocycles. The van der Waals surface area contributed by atoms with Crippen molar-refractivity contribution in [3.8, 4) is 0 Å². The lowest BCUT2D eigenvalue weighted by Gasteiger charge is -2.39. The molecular formula is C29H60N2. The average Bonchev–Trinajstić information content (AvgIpc) is 2.80. The van der Waals surface area contributed by atoms with E-state index in [-0.39, 0.29) is 0 Å². The normalized spacial score (nSPS) is 11.3. The van der Waals surface area contributed by atoms with Crippen LogP contribution in [-0.4, -0.2) is 30.7 Å². The van der Waals surface area contributed by atoms with Crippen LogP contribution in [0.3, 0.4) is 0 Å². The fourth-order valence-corrected chi connectivity index (χ4v) is 4.87. The van der Waals surface area contributed by atoms with Crippen molar-refractivity contribution >= 4 is 0 Å². The molecule has 0 bridgehead atoms. The minimum absolute atomic E-state index is 1.37. The van der Waals surface area contributed by atoms with Crippen molar-refractivity contribution in [3.63, 3.8) is 0 Å². The van der Waals surface area contributed by atoms with Crippen molar-refractivity contribution in [1.29, 1.82) is 5.26 Å². The zero-order chi connectivity index (χ0) is 23.5. The number of unbranched alkanes of at least 4 members (excludes halogenated alkanes) is 16. The number of quaternary nitrogens is 1. The van der Waals surface area contributed by atoms with Gasteiger partial charge in [-0.15, -0.1) is 0 Å². The molecule has 0 aliphatic heterocycles. The zero-order valence-corrected chi connectivity index (χ0v) is 22.4. The molecule has 0 aromatic carbocycles. The van der Waals surface area contributed by atoms with E-state index in [0.717, 1.165) is 0 Å². The minimum atomic E-state index is 1.37. The van der Waals surface area contributed by atoms with E-state index in [0.29, 0.717) is 0 Å². The largest absolute Gasteiger partial charge is 0.512 e. The number of hydrogen-bond donors (Lipinski definition) is 0. The summed E-state index contributed by atoms with van der Waals surface area (Å²) in [6.45, 7) is 20.0. The molecule has 0 unspecified atom stereocenters. The van der Waals surface area contributed by atoms with Crippen molar-refractivity contribution in [2.45, 2.75) is 156 Å². The van der Waals surface area contributed by atoms with Gasteiger partial charge in [-0.05, 0) is 51.4 Å². The molecule has 2 heteroatoms. The molecule has 0 spiro atoms. The van der Waals surface area contributed by atoms with Gasteiger partial charge < -0.3 is 16.3 Å². The molecule has 0 aromatic rings. The second-order valence-electron chi connectivity index (χ2n) is 9.89. The van der Waals surface area contributed by atoms with Gasteiger partial charge in [-0.2, -0.15) is 0 Å². The van der Waals surface area contributed by atoms with E-state index in [4.69, 9.17) is 11.8 Å². The Hall–Kier alpha value is -0.550. The Morgan fingerprint density at radius 2 is 0.548 bits per heavy atom. The maximum atomic E-state index is 6.25. The van der Waals surface area contributed by atoms with Crippen LogP contribution >= 0.6 is 0 Å². The first kappa shape index (κ1) is 32.6. The lowest BCUT2D eigenvalue weighted by Crippen LogP contribution is -2.50. The maximum absolute atomic E-state index is 6.25. The number of nitrogens with zero attached hydrogens (tertiary/aromatic N) is 2.